The van der Waals surface area contributed by atoms with E-state index in [-0.39, 0.29) is 41.8 Å². The standard InChI is InChI=1S/C20H31FN4O2.HI/c1-3-17(27-18-9-7-8-16(21)14-18)15-24-20(22-4-2)23-11-10-19(26)25-12-5-6-13-25;/h7-9,14,17H,3-6,10-13,15H2,1-2H3,(H2,22,23,24);1H. The summed E-state index contributed by atoms with van der Waals surface area (Å²) in [6.45, 7) is 7.48. The number of hydrogen-bond acceptors (Lipinski definition) is 3. The minimum absolute atomic E-state index is 0. The Morgan fingerprint density at radius 3 is 2.68 bits per heavy atom. The fourth-order valence-electron chi connectivity index (χ4n) is 2.93. The van der Waals surface area contributed by atoms with Crippen LogP contribution >= 0.6 is 24.0 Å². The fraction of sp³-hybridized carbons (Fsp3) is 0.600. The van der Waals surface area contributed by atoms with Gasteiger partial charge in [-0.2, -0.15) is 0 Å². The number of benzene rings is 1. The summed E-state index contributed by atoms with van der Waals surface area (Å²) in [4.78, 5) is 18.6. The maximum Gasteiger partial charge on any atom is 0.224 e. The minimum Gasteiger partial charge on any atom is -0.488 e. The molecule has 0 bridgehead atoms. The molecule has 6 nitrogen and oxygen atoms in total. The Labute approximate surface area is 184 Å². The summed E-state index contributed by atoms with van der Waals surface area (Å²) in [5, 5.41) is 6.38. The van der Waals surface area contributed by atoms with Gasteiger partial charge in [-0.3, -0.25) is 4.79 Å². The molecule has 1 heterocycles. The van der Waals surface area contributed by atoms with Crippen LogP contribution < -0.4 is 15.4 Å². The van der Waals surface area contributed by atoms with Crippen molar-refractivity contribution in [3.63, 3.8) is 0 Å². The van der Waals surface area contributed by atoms with Gasteiger partial charge in [-0.15, -0.1) is 24.0 Å². The molecule has 1 fully saturated rings. The molecule has 1 aliphatic heterocycles. The second-order valence-corrected chi connectivity index (χ2v) is 6.59. The van der Waals surface area contributed by atoms with Crippen LogP contribution in [0.2, 0.25) is 0 Å². The van der Waals surface area contributed by atoms with Crippen LogP contribution in [-0.2, 0) is 4.79 Å². The van der Waals surface area contributed by atoms with Crippen molar-refractivity contribution in [2.24, 2.45) is 4.99 Å². The van der Waals surface area contributed by atoms with Gasteiger partial charge in [-0.25, -0.2) is 9.38 Å². The number of halogens is 2. The Morgan fingerprint density at radius 1 is 1.29 bits per heavy atom. The molecule has 1 unspecified atom stereocenters. The monoisotopic (exact) mass is 506 g/mol. The van der Waals surface area contributed by atoms with Crippen molar-refractivity contribution >= 4 is 35.8 Å². The maximum absolute atomic E-state index is 13.3. The third kappa shape index (κ3) is 8.62. The molecule has 0 radical (unpaired) electrons. The van der Waals surface area contributed by atoms with Crippen molar-refractivity contribution in [1.29, 1.82) is 0 Å². The van der Waals surface area contributed by atoms with Crippen molar-refractivity contribution < 1.29 is 13.9 Å². The SMILES string of the molecule is CCNC(=NCC(CC)Oc1cccc(F)c1)NCCC(=O)N1CCCC1.I. The van der Waals surface area contributed by atoms with Crippen LogP contribution in [0.3, 0.4) is 0 Å². The molecule has 1 atom stereocenters. The lowest BCUT2D eigenvalue weighted by Crippen LogP contribution is -2.40. The summed E-state index contributed by atoms with van der Waals surface area (Å²) in [5.41, 5.74) is 0. The molecule has 0 saturated carbocycles. The first-order valence-corrected chi connectivity index (χ1v) is 9.84. The van der Waals surface area contributed by atoms with Gasteiger partial charge in [0.25, 0.3) is 0 Å². The fourth-order valence-corrected chi connectivity index (χ4v) is 2.93. The third-order valence-electron chi connectivity index (χ3n) is 4.44. The molecule has 1 saturated heterocycles. The van der Waals surface area contributed by atoms with E-state index in [4.69, 9.17) is 4.74 Å². The van der Waals surface area contributed by atoms with Crippen LogP contribution in [0.1, 0.15) is 39.5 Å². The molecular formula is C20H32FIN4O2. The van der Waals surface area contributed by atoms with Gasteiger partial charge in [0, 0.05) is 38.7 Å². The summed E-state index contributed by atoms with van der Waals surface area (Å²) in [7, 11) is 0. The summed E-state index contributed by atoms with van der Waals surface area (Å²) in [6, 6.07) is 6.13. The Morgan fingerprint density at radius 2 is 2.04 bits per heavy atom. The van der Waals surface area contributed by atoms with Crippen molar-refractivity contribution in [1.82, 2.24) is 15.5 Å². The molecular weight excluding hydrogens is 474 g/mol. The van der Waals surface area contributed by atoms with E-state index in [0.29, 0.717) is 31.2 Å². The van der Waals surface area contributed by atoms with Crippen LogP contribution in [0.5, 0.6) is 5.75 Å². The highest BCUT2D eigenvalue weighted by molar-refractivity contribution is 14.0. The molecule has 0 aliphatic carbocycles. The Balaban J connectivity index is 0.00000392. The Hall–Kier alpha value is -1.58. The number of guanidine groups is 1. The molecule has 1 aromatic rings. The van der Waals surface area contributed by atoms with Crippen LogP contribution in [-0.4, -0.2) is 55.6 Å². The molecule has 1 amide bonds. The number of aliphatic imine (C=N–C) groups is 1. The predicted octanol–water partition coefficient (Wildman–Crippen LogP) is 3.17. The smallest absolute Gasteiger partial charge is 0.224 e. The van der Waals surface area contributed by atoms with Gasteiger partial charge in [-0.1, -0.05) is 13.0 Å². The van der Waals surface area contributed by atoms with E-state index in [0.717, 1.165) is 38.9 Å². The number of hydrogen-bond donors (Lipinski definition) is 2. The number of likely N-dealkylation sites (tertiary alicyclic amines) is 1. The van der Waals surface area contributed by atoms with E-state index >= 15 is 0 Å². The molecule has 0 spiro atoms. The summed E-state index contributed by atoms with van der Waals surface area (Å²) in [5.74, 6) is 1.04. The molecule has 2 rings (SSSR count). The lowest BCUT2D eigenvalue weighted by atomic mass is 10.2. The molecule has 2 N–H and O–H groups in total. The minimum atomic E-state index is -0.316. The van der Waals surface area contributed by atoms with Crippen molar-refractivity contribution in [3.05, 3.63) is 30.1 Å². The molecule has 158 valence electrons. The lowest BCUT2D eigenvalue weighted by molar-refractivity contribution is -0.129. The van der Waals surface area contributed by atoms with E-state index in [1.807, 2.05) is 18.7 Å². The zero-order chi connectivity index (χ0) is 19.5. The van der Waals surface area contributed by atoms with E-state index in [1.165, 1.54) is 12.1 Å². The average Bonchev–Trinajstić information content (AvgIpc) is 3.19. The summed E-state index contributed by atoms with van der Waals surface area (Å²) >= 11 is 0. The number of rotatable bonds is 9. The van der Waals surface area contributed by atoms with Crippen LogP contribution in [0.25, 0.3) is 0 Å². The molecule has 8 heteroatoms. The number of ether oxygens (including phenoxy) is 1. The lowest BCUT2D eigenvalue weighted by Gasteiger charge is -2.18. The van der Waals surface area contributed by atoms with E-state index in [2.05, 4.69) is 15.6 Å². The largest absolute Gasteiger partial charge is 0.488 e. The Bertz CT molecular complexity index is 624. The van der Waals surface area contributed by atoms with Crippen molar-refractivity contribution in [3.8, 4) is 5.75 Å². The van der Waals surface area contributed by atoms with Gasteiger partial charge in [0.2, 0.25) is 5.91 Å². The zero-order valence-corrected chi connectivity index (χ0v) is 19.1. The number of carbonyl (C=O) groups excluding carboxylic acids is 1. The molecule has 0 aromatic heterocycles. The number of nitrogens with one attached hydrogen (secondary N) is 2. The molecule has 28 heavy (non-hydrogen) atoms. The van der Waals surface area contributed by atoms with Crippen LogP contribution in [0.4, 0.5) is 4.39 Å². The second kappa shape index (κ2) is 13.6. The maximum atomic E-state index is 13.3. The number of amides is 1. The first-order valence-electron chi connectivity index (χ1n) is 9.84. The normalized spacial score (nSPS) is 15.0. The highest BCUT2D eigenvalue weighted by Gasteiger charge is 2.17. The highest BCUT2D eigenvalue weighted by Crippen LogP contribution is 2.15. The first-order chi connectivity index (χ1) is 13.1. The van der Waals surface area contributed by atoms with E-state index < -0.39 is 0 Å². The Kier molecular flexibility index (Phi) is 11.9. The van der Waals surface area contributed by atoms with Gasteiger partial charge in [0.05, 0.1) is 6.54 Å². The number of nitrogens with zero attached hydrogens (tertiary/aromatic N) is 2. The predicted molar refractivity (Wildman–Crippen MR) is 121 cm³/mol. The molecule has 1 aliphatic rings. The summed E-state index contributed by atoms with van der Waals surface area (Å²) in [6.07, 6.45) is 3.28. The number of carbonyl (C=O) groups is 1. The van der Waals surface area contributed by atoms with E-state index in [1.54, 1.807) is 12.1 Å². The van der Waals surface area contributed by atoms with Gasteiger partial charge >= 0.3 is 0 Å². The first kappa shape index (κ1) is 24.5. The summed E-state index contributed by atoms with van der Waals surface area (Å²) < 4.78 is 19.1. The molecule has 1 aromatic carbocycles. The topological polar surface area (TPSA) is 66.0 Å². The van der Waals surface area contributed by atoms with Gasteiger partial charge in [0.1, 0.15) is 17.7 Å². The van der Waals surface area contributed by atoms with E-state index in [9.17, 15) is 9.18 Å². The van der Waals surface area contributed by atoms with Gasteiger partial charge < -0.3 is 20.3 Å². The van der Waals surface area contributed by atoms with Crippen molar-refractivity contribution in [2.45, 2.75) is 45.6 Å². The van der Waals surface area contributed by atoms with Crippen LogP contribution in [0, 0.1) is 5.82 Å². The third-order valence-corrected chi connectivity index (χ3v) is 4.44. The van der Waals surface area contributed by atoms with Crippen LogP contribution in [0.15, 0.2) is 29.3 Å². The highest BCUT2D eigenvalue weighted by atomic mass is 127. The van der Waals surface area contributed by atoms with Crippen molar-refractivity contribution in [2.75, 3.05) is 32.7 Å². The van der Waals surface area contributed by atoms with Gasteiger partial charge in [0.15, 0.2) is 5.96 Å². The average molecular weight is 506 g/mol. The zero-order valence-electron chi connectivity index (χ0n) is 16.7. The quantitative estimate of drug-likeness (QED) is 0.307. The second-order valence-electron chi connectivity index (χ2n) is 6.59. The van der Waals surface area contributed by atoms with Gasteiger partial charge in [-0.05, 0) is 38.3 Å².